The Hall–Kier alpha value is -4.39. The zero-order chi connectivity index (χ0) is 25.3. The standard InChI is InChI=1S/C29H29N3O4/c1-21(8-9-22-6-4-3-5-7-22)30-29(34)24-12-14-25(15-13-24)32-28(33)19-18-27(31-32)36-20-23-10-16-26(35-2)17-11-23/h3-7,10-19,21H,8-9,20H2,1-2H3,(H,30,34)/t21-/m1/s1. The summed E-state index contributed by atoms with van der Waals surface area (Å²) in [6.07, 6.45) is 1.74. The number of hydrogen-bond acceptors (Lipinski definition) is 5. The summed E-state index contributed by atoms with van der Waals surface area (Å²) in [4.78, 5) is 25.1. The molecular formula is C29H29N3O4. The fraction of sp³-hybridized carbons (Fsp3) is 0.207. The van der Waals surface area contributed by atoms with Crippen LogP contribution in [0.3, 0.4) is 0 Å². The molecule has 184 valence electrons. The van der Waals surface area contributed by atoms with Crippen LogP contribution < -0.4 is 20.3 Å². The van der Waals surface area contributed by atoms with Crippen LogP contribution in [-0.2, 0) is 13.0 Å². The van der Waals surface area contributed by atoms with Crippen molar-refractivity contribution in [3.8, 4) is 17.3 Å². The van der Waals surface area contributed by atoms with Gasteiger partial charge in [-0.05, 0) is 67.3 Å². The van der Waals surface area contributed by atoms with Crippen LogP contribution in [0.2, 0.25) is 0 Å². The van der Waals surface area contributed by atoms with Crippen LogP contribution in [-0.4, -0.2) is 28.8 Å². The van der Waals surface area contributed by atoms with Crippen molar-refractivity contribution in [3.63, 3.8) is 0 Å². The molecule has 0 unspecified atom stereocenters. The monoisotopic (exact) mass is 483 g/mol. The number of aromatic nitrogens is 2. The molecule has 0 radical (unpaired) electrons. The highest BCUT2D eigenvalue weighted by atomic mass is 16.5. The van der Waals surface area contributed by atoms with Crippen molar-refractivity contribution >= 4 is 5.91 Å². The number of amides is 1. The second kappa shape index (κ2) is 11.8. The summed E-state index contributed by atoms with van der Waals surface area (Å²) < 4.78 is 12.2. The Balaban J connectivity index is 1.36. The van der Waals surface area contributed by atoms with Gasteiger partial charge in [0, 0.05) is 23.7 Å². The minimum Gasteiger partial charge on any atom is -0.497 e. The molecule has 1 heterocycles. The lowest BCUT2D eigenvalue weighted by molar-refractivity contribution is 0.0938. The molecule has 4 aromatic rings. The number of carbonyl (C=O) groups is 1. The predicted octanol–water partition coefficient (Wildman–Crippen LogP) is 4.57. The predicted molar refractivity (Wildman–Crippen MR) is 139 cm³/mol. The average molecular weight is 484 g/mol. The Morgan fingerprint density at radius 3 is 2.33 bits per heavy atom. The van der Waals surface area contributed by atoms with Gasteiger partial charge >= 0.3 is 0 Å². The number of nitrogens with zero attached hydrogens (tertiary/aromatic N) is 2. The summed E-state index contributed by atoms with van der Waals surface area (Å²) in [6, 6.07) is 27.5. The maximum absolute atomic E-state index is 12.7. The van der Waals surface area contributed by atoms with E-state index in [0.29, 0.717) is 23.7 Å². The third kappa shape index (κ3) is 6.60. The maximum atomic E-state index is 12.7. The number of methoxy groups -OCH3 is 1. The lowest BCUT2D eigenvalue weighted by Gasteiger charge is -2.14. The molecule has 0 aliphatic heterocycles. The van der Waals surface area contributed by atoms with Crippen molar-refractivity contribution < 1.29 is 14.3 Å². The first-order valence-corrected chi connectivity index (χ1v) is 11.8. The van der Waals surface area contributed by atoms with E-state index >= 15 is 0 Å². The fourth-order valence-corrected chi connectivity index (χ4v) is 3.70. The van der Waals surface area contributed by atoms with E-state index in [1.165, 1.54) is 16.3 Å². The van der Waals surface area contributed by atoms with Crippen LogP contribution in [0, 0.1) is 0 Å². The molecule has 36 heavy (non-hydrogen) atoms. The van der Waals surface area contributed by atoms with Gasteiger partial charge in [0.05, 0.1) is 12.8 Å². The van der Waals surface area contributed by atoms with Crippen molar-refractivity contribution in [1.29, 1.82) is 0 Å². The van der Waals surface area contributed by atoms with Crippen molar-refractivity contribution in [3.05, 3.63) is 118 Å². The Kier molecular flexibility index (Phi) is 8.13. The van der Waals surface area contributed by atoms with Crippen LogP contribution >= 0.6 is 0 Å². The largest absolute Gasteiger partial charge is 0.497 e. The lowest BCUT2D eigenvalue weighted by Crippen LogP contribution is -2.32. The number of ether oxygens (including phenoxy) is 2. The van der Waals surface area contributed by atoms with Gasteiger partial charge in [0.15, 0.2) is 0 Å². The van der Waals surface area contributed by atoms with E-state index in [1.54, 1.807) is 37.4 Å². The molecule has 0 saturated carbocycles. The van der Waals surface area contributed by atoms with Crippen LogP contribution in [0.5, 0.6) is 11.6 Å². The van der Waals surface area contributed by atoms with Gasteiger partial charge in [0.1, 0.15) is 12.4 Å². The summed E-state index contributed by atoms with van der Waals surface area (Å²) in [5.74, 6) is 0.933. The lowest BCUT2D eigenvalue weighted by atomic mass is 10.1. The van der Waals surface area contributed by atoms with E-state index in [2.05, 4.69) is 22.5 Å². The molecule has 3 aromatic carbocycles. The molecule has 1 aromatic heterocycles. The van der Waals surface area contributed by atoms with Crippen LogP contribution in [0.4, 0.5) is 0 Å². The highest BCUT2D eigenvalue weighted by Crippen LogP contribution is 2.15. The Labute approximate surface area is 210 Å². The molecule has 1 amide bonds. The number of aryl methyl sites for hydroxylation is 1. The quantitative estimate of drug-likeness (QED) is 0.357. The zero-order valence-corrected chi connectivity index (χ0v) is 20.4. The highest BCUT2D eigenvalue weighted by molar-refractivity contribution is 5.94. The van der Waals surface area contributed by atoms with Gasteiger partial charge in [-0.25, -0.2) is 0 Å². The molecule has 0 aliphatic carbocycles. The number of benzene rings is 3. The normalized spacial score (nSPS) is 11.5. The first-order chi connectivity index (χ1) is 17.5. The Morgan fingerprint density at radius 2 is 1.64 bits per heavy atom. The molecule has 7 nitrogen and oxygen atoms in total. The molecular weight excluding hydrogens is 454 g/mol. The molecule has 0 saturated heterocycles. The smallest absolute Gasteiger partial charge is 0.271 e. The van der Waals surface area contributed by atoms with Crippen molar-refractivity contribution in [2.45, 2.75) is 32.4 Å². The van der Waals surface area contributed by atoms with Crippen LogP contribution in [0.15, 0.2) is 95.8 Å². The average Bonchev–Trinajstić information content (AvgIpc) is 2.92. The maximum Gasteiger partial charge on any atom is 0.271 e. The van der Waals surface area contributed by atoms with Gasteiger partial charge in [-0.1, -0.05) is 42.5 Å². The second-order valence-electron chi connectivity index (χ2n) is 8.50. The molecule has 4 rings (SSSR count). The first kappa shape index (κ1) is 24.7. The molecule has 0 bridgehead atoms. The molecule has 1 atom stereocenters. The molecule has 7 heteroatoms. The highest BCUT2D eigenvalue weighted by Gasteiger charge is 2.11. The summed E-state index contributed by atoms with van der Waals surface area (Å²) in [7, 11) is 1.62. The van der Waals surface area contributed by atoms with E-state index in [1.807, 2.05) is 49.4 Å². The summed E-state index contributed by atoms with van der Waals surface area (Å²) in [6.45, 7) is 2.30. The minimum absolute atomic E-state index is 0.0289. The van der Waals surface area contributed by atoms with Gasteiger partial charge in [0.25, 0.3) is 11.5 Å². The van der Waals surface area contributed by atoms with Gasteiger partial charge in [-0.15, -0.1) is 5.10 Å². The summed E-state index contributed by atoms with van der Waals surface area (Å²) in [5, 5.41) is 7.36. The van der Waals surface area contributed by atoms with Crippen molar-refractivity contribution in [2.24, 2.45) is 0 Å². The molecule has 1 N–H and O–H groups in total. The zero-order valence-electron chi connectivity index (χ0n) is 20.4. The Bertz CT molecular complexity index is 1330. The van der Waals surface area contributed by atoms with Gasteiger partial charge < -0.3 is 14.8 Å². The molecule has 0 spiro atoms. The summed E-state index contributed by atoms with van der Waals surface area (Å²) >= 11 is 0. The number of rotatable bonds is 10. The van der Waals surface area contributed by atoms with E-state index in [4.69, 9.17) is 9.47 Å². The SMILES string of the molecule is COc1ccc(COc2ccc(=O)n(-c3ccc(C(=O)N[C@H](C)CCc4ccccc4)cc3)n2)cc1. The van der Waals surface area contributed by atoms with Crippen LogP contribution in [0.25, 0.3) is 5.69 Å². The van der Waals surface area contributed by atoms with E-state index < -0.39 is 0 Å². The topological polar surface area (TPSA) is 82.5 Å². The van der Waals surface area contributed by atoms with E-state index in [-0.39, 0.29) is 17.5 Å². The number of carbonyl (C=O) groups excluding carboxylic acids is 1. The minimum atomic E-state index is -0.293. The van der Waals surface area contributed by atoms with Crippen molar-refractivity contribution in [2.75, 3.05) is 7.11 Å². The number of nitrogens with one attached hydrogen (secondary N) is 1. The second-order valence-corrected chi connectivity index (χ2v) is 8.50. The molecule has 0 fully saturated rings. The Morgan fingerprint density at radius 1 is 0.917 bits per heavy atom. The van der Waals surface area contributed by atoms with Crippen LogP contribution in [0.1, 0.15) is 34.8 Å². The fourth-order valence-electron chi connectivity index (χ4n) is 3.70. The number of hydrogen-bond donors (Lipinski definition) is 1. The third-order valence-corrected chi connectivity index (χ3v) is 5.78. The van der Waals surface area contributed by atoms with E-state index in [0.717, 1.165) is 24.2 Å². The first-order valence-electron chi connectivity index (χ1n) is 11.8. The van der Waals surface area contributed by atoms with Gasteiger partial charge in [-0.2, -0.15) is 4.68 Å². The van der Waals surface area contributed by atoms with Gasteiger partial charge in [0.2, 0.25) is 5.88 Å². The van der Waals surface area contributed by atoms with Crippen molar-refractivity contribution in [1.82, 2.24) is 15.1 Å². The van der Waals surface area contributed by atoms with Gasteiger partial charge in [-0.3, -0.25) is 9.59 Å². The summed E-state index contributed by atoms with van der Waals surface area (Å²) in [5.41, 5.74) is 2.96. The third-order valence-electron chi connectivity index (χ3n) is 5.78. The molecule has 0 aliphatic rings. The van der Waals surface area contributed by atoms with E-state index in [9.17, 15) is 9.59 Å².